The standard InChI is InChI=1S/C12H22O11/c13-1-4-6(16)8(18)9(19)11(21-4)23-12(3-15)10(20)7(17)5(2-14)22-12/h4-11,13-20H,1-3H2/t4?,5-,6-,7-,8+,9-,10?,11-,12+/m1/s1. The number of rotatable bonds is 5. The lowest BCUT2D eigenvalue weighted by Crippen LogP contribution is -2.62. The van der Waals surface area contributed by atoms with Gasteiger partial charge in [-0.3, -0.25) is 0 Å². The smallest absolute Gasteiger partial charge is 0.224 e. The van der Waals surface area contributed by atoms with Crippen LogP contribution in [-0.2, 0) is 14.2 Å². The van der Waals surface area contributed by atoms with Crippen LogP contribution in [0.5, 0.6) is 0 Å². The van der Waals surface area contributed by atoms with Crippen LogP contribution in [0.2, 0.25) is 0 Å². The Morgan fingerprint density at radius 2 is 1.39 bits per heavy atom. The molecule has 2 saturated heterocycles. The molecule has 0 aromatic carbocycles. The van der Waals surface area contributed by atoms with Crippen LogP contribution >= 0.6 is 0 Å². The number of hydrogen-bond donors (Lipinski definition) is 8. The molecule has 8 N–H and O–H groups in total. The predicted molar refractivity (Wildman–Crippen MR) is 68.6 cm³/mol. The van der Waals surface area contributed by atoms with Crippen molar-refractivity contribution in [2.45, 2.75) is 54.8 Å². The molecule has 0 amide bonds. The van der Waals surface area contributed by atoms with Gasteiger partial charge in [0.2, 0.25) is 5.79 Å². The first-order valence-corrected chi connectivity index (χ1v) is 7.05. The number of ether oxygens (including phenoxy) is 3. The van der Waals surface area contributed by atoms with Gasteiger partial charge in [0.1, 0.15) is 49.3 Å². The SMILES string of the molecule is OCC1O[C@H](O[C@]2(CO)O[C@H](CO)[C@@H](O)C2O)[C@H](O)[C@@H](O)[C@@H]1O. The van der Waals surface area contributed by atoms with E-state index in [0.717, 1.165) is 0 Å². The van der Waals surface area contributed by atoms with Gasteiger partial charge < -0.3 is 55.1 Å². The van der Waals surface area contributed by atoms with E-state index in [0.29, 0.717) is 0 Å². The molecule has 9 atom stereocenters. The molecule has 136 valence electrons. The van der Waals surface area contributed by atoms with Gasteiger partial charge in [-0.1, -0.05) is 0 Å². The van der Waals surface area contributed by atoms with Crippen molar-refractivity contribution in [1.29, 1.82) is 0 Å². The van der Waals surface area contributed by atoms with E-state index in [1.165, 1.54) is 0 Å². The van der Waals surface area contributed by atoms with Crippen molar-refractivity contribution in [3.63, 3.8) is 0 Å². The maximum atomic E-state index is 10.00. The molecule has 0 radical (unpaired) electrons. The molecule has 2 aliphatic heterocycles. The Kier molecular flexibility index (Phi) is 5.92. The van der Waals surface area contributed by atoms with Crippen molar-refractivity contribution < 1.29 is 55.1 Å². The van der Waals surface area contributed by atoms with Crippen LogP contribution in [0.4, 0.5) is 0 Å². The van der Waals surface area contributed by atoms with Crippen LogP contribution in [0.1, 0.15) is 0 Å². The van der Waals surface area contributed by atoms with Gasteiger partial charge in [0.05, 0.1) is 13.2 Å². The summed E-state index contributed by atoms with van der Waals surface area (Å²) in [5, 5.41) is 76.7. The minimum Gasteiger partial charge on any atom is -0.394 e. The molecule has 2 heterocycles. The molecule has 0 spiro atoms. The van der Waals surface area contributed by atoms with E-state index in [-0.39, 0.29) is 0 Å². The third-order valence-corrected chi connectivity index (χ3v) is 4.07. The predicted octanol–water partition coefficient (Wildman–Crippen LogP) is -5.40. The van der Waals surface area contributed by atoms with Gasteiger partial charge in [-0.25, -0.2) is 0 Å². The maximum absolute atomic E-state index is 10.00. The van der Waals surface area contributed by atoms with Crippen molar-refractivity contribution in [3.8, 4) is 0 Å². The van der Waals surface area contributed by atoms with Gasteiger partial charge in [-0.2, -0.15) is 0 Å². The minimum absolute atomic E-state index is 0.669. The van der Waals surface area contributed by atoms with Crippen LogP contribution < -0.4 is 0 Å². The number of aliphatic hydroxyl groups is 8. The van der Waals surface area contributed by atoms with Gasteiger partial charge in [-0.05, 0) is 0 Å². The Hall–Kier alpha value is -0.440. The largest absolute Gasteiger partial charge is 0.394 e. The lowest BCUT2D eigenvalue weighted by molar-refractivity contribution is -0.383. The molecule has 2 rings (SSSR count). The van der Waals surface area contributed by atoms with Crippen LogP contribution in [0.15, 0.2) is 0 Å². The van der Waals surface area contributed by atoms with E-state index in [1.54, 1.807) is 0 Å². The summed E-state index contributed by atoms with van der Waals surface area (Å²) >= 11 is 0. The summed E-state index contributed by atoms with van der Waals surface area (Å²) in [5.41, 5.74) is 0. The highest BCUT2D eigenvalue weighted by atomic mass is 16.8. The van der Waals surface area contributed by atoms with Crippen molar-refractivity contribution in [1.82, 2.24) is 0 Å². The normalized spacial score (nSPS) is 51.1. The summed E-state index contributed by atoms with van der Waals surface area (Å²) in [6.45, 7) is -2.32. The topological polar surface area (TPSA) is 190 Å². The fourth-order valence-corrected chi connectivity index (χ4v) is 2.63. The summed E-state index contributed by atoms with van der Waals surface area (Å²) in [6.07, 6.45) is -12.7. The van der Waals surface area contributed by atoms with E-state index in [4.69, 9.17) is 24.4 Å². The summed E-state index contributed by atoms with van der Waals surface area (Å²) < 4.78 is 15.4. The summed E-state index contributed by atoms with van der Waals surface area (Å²) in [5.74, 6) is -2.22. The zero-order valence-corrected chi connectivity index (χ0v) is 12.0. The van der Waals surface area contributed by atoms with E-state index >= 15 is 0 Å². The molecular weight excluding hydrogens is 320 g/mol. The fourth-order valence-electron chi connectivity index (χ4n) is 2.63. The second-order valence-corrected chi connectivity index (χ2v) is 5.56. The van der Waals surface area contributed by atoms with Gasteiger partial charge in [-0.15, -0.1) is 0 Å². The second kappa shape index (κ2) is 7.21. The van der Waals surface area contributed by atoms with Crippen LogP contribution in [0.3, 0.4) is 0 Å². The molecule has 2 fully saturated rings. The summed E-state index contributed by atoms with van der Waals surface area (Å²) in [6, 6.07) is 0. The molecule has 11 heteroatoms. The average molecular weight is 342 g/mol. The zero-order valence-electron chi connectivity index (χ0n) is 12.0. The first-order valence-electron chi connectivity index (χ1n) is 7.05. The molecule has 0 saturated carbocycles. The Morgan fingerprint density at radius 1 is 0.783 bits per heavy atom. The first-order chi connectivity index (χ1) is 10.8. The molecule has 0 aromatic rings. The van der Waals surface area contributed by atoms with Crippen LogP contribution in [0.25, 0.3) is 0 Å². The highest BCUT2D eigenvalue weighted by Gasteiger charge is 2.58. The third kappa shape index (κ3) is 3.23. The molecule has 23 heavy (non-hydrogen) atoms. The summed E-state index contributed by atoms with van der Waals surface area (Å²) in [4.78, 5) is 0. The van der Waals surface area contributed by atoms with Crippen molar-refractivity contribution in [2.75, 3.05) is 19.8 Å². The Morgan fingerprint density at radius 3 is 1.87 bits per heavy atom. The Balaban J connectivity index is 2.18. The van der Waals surface area contributed by atoms with Gasteiger partial charge in [0, 0.05) is 0 Å². The zero-order chi connectivity index (χ0) is 17.4. The van der Waals surface area contributed by atoms with Crippen LogP contribution in [0, 0.1) is 0 Å². The summed E-state index contributed by atoms with van der Waals surface area (Å²) in [7, 11) is 0. The molecule has 2 unspecified atom stereocenters. The minimum atomic E-state index is -2.22. The van der Waals surface area contributed by atoms with Crippen molar-refractivity contribution >= 4 is 0 Å². The lowest BCUT2D eigenvalue weighted by atomic mass is 9.99. The number of hydrogen-bond acceptors (Lipinski definition) is 11. The second-order valence-electron chi connectivity index (χ2n) is 5.56. The van der Waals surface area contributed by atoms with Crippen molar-refractivity contribution in [2.24, 2.45) is 0 Å². The van der Waals surface area contributed by atoms with Crippen LogP contribution in [-0.4, -0.2) is 115 Å². The van der Waals surface area contributed by atoms with Gasteiger partial charge >= 0.3 is 0 Å². The van der Waals surface area contributed by atoms with Gasteiger partial charge in [0.25, 0.3) is 0 Å². The van der Waals surface area contributed by atoms with E-state index in [2.05, 4.69) is 0 Å². The van der Waals surface area contributed by atoms with E-state index in [1.807, 2.05) is 0 Å². The Bertz CT molecular complexity index is 393. The molecule has 0 aromatic heterocycles. The highest BCUT2D eigenvalue weighted by molar-refractivity contribution is 4.98. The third-order valence-electron chi connectivity index (χ3n) is 4.07. The fraction of sp³-hybridized carbons (Fsp3) is 1.00. The number of aliphatic hydroxyl groups excluding tert-OH is 8. The monoisotopic (exact) mass is 342 g/mol. The molecular formula is C12H22O11. The van der Waals surface area contributed by atoms with E-state index in [9.17, 15) is 30.6 Å². The molecule has 0 aliphatic carbocycles. The first kappa shape index (κ1) is 18.9. The van der Waals surface area contributed by atoms with E-state index < -0.39 is 74.6 Å². The quantitative estimate of drug-likeness (QED) is 0.238. The molecule has 11 nitrogen and oxygen atoms in total. The molecule has 2 aliphatic rings. The lowest BCUT2D eigenvalue weighted by Gasteiger charge is -2.43. The maximum Gasteiger partial charge on any atom is 0.224 e. The van der Waals surface area contributed by atoms with Gasteiger partial charge in [0.15, 0.2) is 6.29 Å². The van der Waals surface area contributed by atoms with Crippen molar-refractivity contribution in [3.05, 3.63) is 0 Å². The highest BCUT2D eigenvalue weighted by Crippen LogP contribution is 2.35. The molecule has 0 bridgehead atoms. The average Bonchev–Trinajstić information content (AvgIpc) is 2.80. The Labute approximate surface area is 130 Å².